The minimum Gasteiger partial charge on any atom is -0.392 e. The molecule has 1 aliphatic carbocycles. The standard InChI is InChI=1S/C9H15NO3S/c10-9(3-1-2-4-9)7-5-14(12,13)6-8(7)11/h1-2,7-8,11H,3-6,10H2. The SMILES string of the molecule is NC1(C2CS(=O)(=O)CC2O)CC=CC1. The van der Waals surface area contributed by atoms with Crippen molar-refractivity contribution in [3.8, 4) is 0 Å². The Kier molecular flexibility index (Phi) is 2.21. The maximum Gasteiger partial charge on any atom is 0.153 e. The molecule has 0 bridgehead atoms. The summed E-state index contributed by atoms with van der Waals surface area (Å²) in [7, 11) is -3.08. The van der Waals surface area contributed by atoms with Gasteiger partial charge in [-0.05, 0) is 12.8 Å². The number of rotatable bonds is 1. The molecular formula is C9H15NO3S. The minimum atomic E-state index is -3.08. The van der Waals surface area contributed by atoms with Gasteiger partial charge in [0, 0.05) is 11.5 Å². The minimum absolute atomic E-state index is 0.0341. The lowest BCUT2D eigenvalue weighted by atomic mass is 9.81. The Bertz CT molecular complexity index is 352. The molecule has 80 valence electrons. The molecule has 2 unspecified atom stereocenters. The van der Waals surface area contributed by atoms with Gasteiger partial charge in [-0.3, -0.25) is 0 Å². The Morgan fingerprint density at radius 1 is 1.29 bits per heavy atom. The summed E-state index contributed by atoms with van der Waals surface area (Å²) >= 11 is 0. The second-order valence-corrected chi connectivity index (χ2v) is 6.52. The largest absolute Gasteiger partial charge is 0.392 e. The zero-order chi connectivity index (χ0) is 10.4. The molecule has 0 amide bonds. The van der Waals surface area contributed by atoms with Crippen LogP contribution >= 0.6 is 0 Å². The molecule has 0 aromatic carbocycles. The van der Waals surface area contributed by atoms with E-state index < -0.39 is 21.5 Å². The first-order valence-electron chi connectivity index (χ1n) is 4.75. The Hall–Kier alpha value is -0.390. The Labute approximate surface area is 83.7 Å². The number of nitrogens with two attached hydrogens (primary N) is 1. The van der Waals surface area contributed by atoms with E-state index >= 15 is 0 Å². The fourth-order valence-electron chi connectivity index (χ4n) is 2.37. The first kappa shape index (κ1) is 10.1. The van der Waals surface area contributed by atoms with E-state index in [1.807, 2.05) is 12.2 Å². The summed E-state index contributed by atoms with van der Waals surface area (Å²) in [6, 6.07) is 0. The average Bonchev–Trinajstić information content (AvgIpc) is 2.57. The van der Waals surface area contributed by atoms with Gasteiger partial charge in [0.1, 0.15) is 0 Å². The molecule has 0 radical (unpaired) electrons. The van der Waals surface area contributed by atoms with Gasteiger partial charge in [0.2, 0.25) is 0 Å². The van der Waals surface area contributed by atoms with Gasteiger partial charge in [-0.15, -0.1) is 0 Å². The summed E-state index contributed by atoms with van der Waals surface area (Å²) in [6.45, 7) is 0. The fraction of sp³-hybridized carbons (Fsp3) is 0.778. The van der Waals surface area contributed by atoms with Gasteiger partial charge >= 0.3 is 0 Å². The molecule has 1 saturated heterocycles. The molecule has 1 fully saturated rings. The van der Waals surface area contributed by atoms with Crippen molar-refractivity contribution in [1.82, 2.24) is 0 Å². The van der Waals surface area contributed by atoms with Crippen molar-refractivity contribution >= 4 is 9.84 Å². The number of sulfone groups is 1. The third-order valence-corrected chi connectivity index (χ3v) is 4.94. The van der Waals surface area contributed by atoms with Crippen molar-refractivity contribution in [2.75, 3.05) is 11.5 Å². The van der Waals surface area contributed by atoms with E-state index in [0.717, 1.165) is 0 Å². The number of hydrogen-bond acceptors (Lipinski definition) is 4. The van der Waals surface area contributed by atoms with E-state index in [4.69, 9.17) is 5.73 Å². The lowest BCUT2D eigenvalue weighted by Crippen LogP contribution is -2.49. The van der Waals surface area contributed by atoms with Gasteiger partial charge in [-0.25, -0.2) is 8.42 Å². The van der Waals surface area contributed by atoms with Crippen LogP contribution in [0.15, 0.2) is 12.2 Å². The molecule has 0 spiro atoms. The molecule has 0 aromatic rings. The van der Waals surface area contributed by atoms with E-state index in [-0.39, 0.29) is 17.4 Å². The molecule has 2 aliphatic rings. The molecule has 2 rings (SSSR count). The first-order valence-corrected chi connectivity index (χ1v) is 6.57. The van der Waals surface area contributed by atoms with Crippen LogP contribution in [0.5, 0.6) is 0 Å². The summed E-state index contributed by atoms with van der Waals surface area (Å²) in [5.74, 6) is -0.398. The monoisotopic (exact) mass is 217 g/mol. The topological polar surface area (TPSA) is 80.4 Å². The Balaban J connectivity index is 2.20. The highest BCUT2D eigenvalue weighted by molar-refractivity contribution is 7.91. The second-order valence-electron chi connectivity index (χ2n) is 4.36. The predicted molar refractivity (Wildman–Crippen MR) is 53.4 cm³/mol. The summed E-state index contributed by atoms with van der Waals surface area (Å²) in [4.78, 5) is 0. The third kappa shape index (κ3) is 1.60. The van der Waals surface area contributed by atoms with Crippen LogP contribution in [0.3, 0.4) is 0 Å². The summed E-state index contributed by atoms with van der Waals surface area (Å²) in [6.07, 6.45) is 4.47. The highest BCUT2D eigenvalue weighted by Crippen LogP contribution is 2.36. The van der Waals surface area contributed by atoms with Crippen LogP contribution in [0.2, 0.25) is 0 Å². The maximum absolute atomic E-state index is 11.3. The van der Waals surface area contributed by atoms with Crippen molar-refractivity contribution in [1.29, 1.82) is 0 Å². The van der Waals surface area contributed by atoms with Crippen LogP contribution < -0.4 is 5.73 Å². The van der Waals surface area contributed by atoms with E-state index in [2.05, 4.69) is 0 Å². The van der Waals surface area contributed by atoms with Gasteiger partial charge in [0.05, 0.1) is 17.6 Å². The molecule has 3 N–H and O–H groups in total. The van der Waals surface area contributed by atoms with Crippen molar-refractivity contribution in [3.63, 3.8) is 0 Å². The zero-order valence-corrected chi connectivity index (χ0v) is 8.70. The van der Waals surface area contributed by atoms with Gasteiger partial charge in [-0.1, -0.05) is 12.2 Å². The van der Waals surface area contributed by atoms with E-state index in [1.165, 1.54) is 0 Å². The van der Waals surface area contributed by atoms with Gasteiger partial charge < -0.3 is 10.8 Å². The van der Waals surface area contributed by atoms with Crippen LogP contribution in [0.25, 0.3) is 0 Å². The molecule has 0 aromatic heterocycles. The third-order valence-electron chi connectivity index (χ3n) is 3.22. The van der Waals surface area contributed by atoms with Crippen molar-refractivity contribution in [3.05, 3.63) is 12.2 Å². The lowest BCUT2D eigenvalue weighted by molar-refractivity contribution is 0.102. The fourth-order valence-corrected chi connectivity index (χ4v) is 4.36. The average molecular weight is 217 g/mol. The molecule has 1 aliphatic heterocycles. The van der Waals surface area contributed by atoms with E-state index in [0.29, 0.717) is 12.8 Å². The first-order chi connectivity index (χ1) is 6.43. The van der Waals surface area contributed by atoms with Crippen molar-refractivity contribution < 1.29 is 13.5 Å². The zero-order valence-electron chi connectivity index (χ0n) is 7.89. The second kappa shape index (κ2) is 3.05. The van der Waals surface area contributed by atoms with Gasteiger partial charge in [0.15, 0.2) is 9.84 Å². The number of aliphatic hydroxyl groups excluding tert-OH is 1. The van der Waals surface area contributed by atoms with Crippen LogP contribution in [-0.4, -0.2) is 36.7 Å². The van der Waals surface area contributed by atoms with Gasteiger partial charge in [0.25, 0.3) is 0 Å². The summed E-state index contributed by atoms with van der Waals surface area (Å²) < 4.78 is 22.6. The Morgan fingerprint density at radius 2 is 1.86 bits per heavy atom. The van der Waals surface area contributed by atoms with E-state index in [1.54, 1.807) is 0 Å². The highest BCUT2D eigenvalue weighted by atomic mass is 32.2. The molecule has 14 heavy (non-hydrogen) atoms. The molecule has 2 atom stereocenters. The normalized spacial score (nSPS) is 39.0. The molecule has 0 saturated carbocycles. The van der Waals surface area contributed by atoms with Crippen LogP contribution in [0.4, 0.5) is 0 Å². The summed E-state index contributed by atoms with van der Waals surface area (Å²) in [5, 5.41) is 9.66. The highest BCUT2D eigenvalue weighted by Gasteiger charge is 2.47. The predicted octanol–water partition coefficient (Wildman–Crippen LogP) is -0.561. The summed E-state index contributed by atoms with van der Waals surface area (Å²) in [5.41, 5.74) is 5.55. The number of aliphatic hydroxyl groups is 1. The molecule has 5 heteroatoms. The molecule has 4 nitrogen and oxygen atoms in total. The number of hydrogen-bond donors (Lipinski definition) is 2. The maximum atomic E-state index is 11.3. The Morgan fingerprint density at radius 3 is 2.29 bits per heavy atom. The molecule has 1 heterocycles. The van der Waals surface area contributed by atoms with Crippen LogP contribution in [0, 0.1) is 5.92 Å². The van der Waals surface area contributed by atoms with Crippen LogP contribution in [0.1, 0.15) is 12.8 Å². The molecular weight excluding hydrogens is 202 g/mol. The lowest BCUT2D eigenvalue weighted by Gasteiger charge is -2.32. The smallest absolute Gasteiger partial charge is 0.153 e. The van der Waals surface area contributed by atoms with E-state index in [9.17, 15) is 13.5 Å². The van der Waals surface area contributed by atoms with Crippen molar-refractivity contribution in [2.45, 2.75) is 24.5 Å². The van der Waals surface area contributed by atoms with Crippen molar-refractivity contribution in [2.24, 2.45) is 11.7 Å². The quantitative estimate of drug-likeness (QED) is 0.577. The van der Waals surface area contributed by atoms with Crippen LogP contribution in [-0.2, 0) is 9.84 Å². The van der Waals surface area contributed by atoms with Gasteiger partial charge in [-0.2, -0.15) is 0 Å².